The molecule has 0 radical (unpaired) electrons. The molecule has 0 spiro atoms. The van der Waals surface area contributed by atoms with Crippen molar-refractivity contribution >= 4 is 10.8 Å². The fourth-order valence-corrected chi connectivity index (χ4v) is 1.33. The van der Waals surface area contributed by atoms with Crippen LogP contribution < -0.4 is 5.32 Å². The normalized spacial score (nSPS) is 15.9. The second kappa shape index (κ2) is 7.71. The number of methoxy groups -OCH3 is 1. The Morgan fingerprint density at radius 1 is 1.58 bits per heavy atom. The summed E-state index contributed by atoms with van der Waals surface area (Å²) in [5.74, 6) is 0.722. The van der Waals surface area contributed by atoms with Gasteiger partial charge in [-0.3, -0.25) is 4.21 Å². The average molecular weight is 193 g/mol. The number of nitrogens with one attached hydrogen (secondary N) is 1. The minimum Gasteiger partial charge on any atom is -0.383 e. The number of rotatable bonds is 7. The predicted octanol–water partition coefficient (Wildman–Crippen LogP) is 0.379. The van der Waals surface area contributed by atoms with Gasteiger partial charge < -0.3 is 10.1 Å². The third-order valence-electron chi connectivity index (χ3n) is 1.68. The van der Waals surface area contributed by atoms with Crippen LogP contribution in [0.3, 0.4) is 0 Å². The van der Waals surface area contributed by atoms with Crippen LogP contribution in [-0.2, 0) is 15.5 Å². The first-order valence-corrected chi connectivity index (χ1v) is 5.95. The van der Waals surface area contributed by atoms with Gasteiger partial charge in [-0.15, -0.1) is 0 Å². The second-order valence-electron chi connectivity index (χ2n) is 2.79. The van der Waals surface area contributed by atoms with Crippen LogP contribution in [0.4, 0.5) is 0 Å². The van der Waals surface area contributed by atoms with Crippen LogP contribution >= 0.6 is 0 Å². The van der Waals surface area contributed by atoms with Gasteiger partial charge in [0.15, 0.2) is 0 Å². The number of hydrogen-bond donors (Lipinski definition) is 1. The lowest BCUT2D eigenvalue weighted by Gasteiger charge is -2.14. The van der Waals surface area contributed by atoms with Crippen molar-refractivity contribution in [1.82, 2.24) is 5.32 Å². The Kier molecular flexibility index (Phi) is 7.75. The van der Waals surface area contributed by atoms with Crippen LogP contribution in [0.5, 0.6) is 0 Å². The van der Waals surface area contributed by atoms with Crippen LogP contribution in [0.25, 0.3) is 0 Å². The summed E-state index contributed by atoms with van der Waals surface area (Å²) in [6.45, 7) is 3.65. The van der Waals surface area contributed by atoms with E-state index in [-0.39, 0.29) is 0 Å². The summed E-state index contributed by atoms with van der Waals surface area (Å²) < 4.78 is 15.7. The third kappa shape index (κ3) is 6.76. The van der Waals surface area contributed by atoms with Gasteiger partial charge in [-0.25, -0.2) is 0 Å². The Hall–Kier alpha value is 0.0700. The van der Waals surface area contributed by atoms with Crippen molar-refractivity contribution in [3.63, 3.8) is 0 Å². The van der Waals surface area contributed by atoms with Gasteiger partial charge >= 0.3 is 0 Å². The Balaban J connectivity index is 3.37. The zero-order valence-corrected chi connectivity index (χ0v) is 8.95. The molecule has 2 unspecified atom stereocenters. The van der Waals surface area contributed by atoms with Gasteiger partial charge in [0, 0.05) is 42.5 Å². The molecule has 0 aromatic rings. The molecule has 4 heteroatoms. The topological polar surface area (TPSA) is 38.3 Å². The third-order valence-corrected chi connectivity index (χ3v) is 2.46. The van der Waals surface area contributed by atoms with Crippen molar-refractivity contribution in [2.75, 3.05) is 32.3 Å². The highest BCUT2D eigenvalue weighted by molar-refractivity contribution is 7.84. The van der Waals surface area contributed by atoms with Crippen LogP contribution in [0.15, 0.2) is 0 Å². The second-order valence-corrected chi connectivity index (χ2v) is 4.35. The van der Waals surface area contributed by atoms with Crippen molar-refractivity contribution in [3.05, 3.63) is 0 Å². The lowest BCUT2D eigenvalue weighted by Crippen LogP contribution is -2.35. The summed E-state index contributed by atoms with van der Waals surface area (Å²) in [6, 6.07) is 0.401. The van der Waals surface area contributed by atoms with E-state index in [9.17, 15) is 4.21 Å². The number of ether oxygens (including phenoxy) is 1. The fraction of sp³-hybridized carbons (Fsp3) is 1.00. The van der Waals surface area contributed by atoms with Gasteiger partial charge in [-0.1, -0.05) is 6.92 Å². The molecular formula is C8H19NO2S. The maximum absolute atomic E-state index is 10.7. The highest BCUT2D eigenvalue weighted by Gasteiger charge is 2.03. The molecule has 3 nitrogen and oxygen atoms in total. The molecule has 0 fully saturated rings. The fourth-order valence-electron chi connectivity index (χ4n) is 0.929. The van der Waals surface area contributed by atoms with E-state index in [1.165, 1.54) is 0 Å². The zero-order valence-electron chi connectivity index (χ0n) is 8.13. The van der Waals surface area contributed by atoms with Gasteiger partial charge in [0.05, 0.1) is 6.61 Å². The zero-order chi connectivity index (χ0) is 9.40. The number of hydrogen-bond acceptors (Lipinski definition) is 3. The molecule has 1 N–H and O–H groups in total. The van der Waals surface area contributed by atoms with E-state index in [2.05, 4.69) is 12.2 Å². The molecule has 0 aromatic heterocycles. The summed E-state index contributed by atoms with van der Waals surface area (Å²) in [4.78, 5) is 0. The van der Waals surface area contributed by atoms with Crippen molar-refractivity contribution in [2.24, 2.45) is 0 Å². The monoisotopic (exact) mass is 193 g/mol. The van der Waals surface area contributed by atoms with E-state index >= 15 is 0 Å². The largest absolute Gasteiger partial charge is 0.383 e. The first-order valence-electron chi connectivity index (χ1n) is 4.23. The van der Waals surface area contributed by atoms with Gasteiger partial charge in [-0.2, -0.15) is 0 Å². The molecule has 12 heavy (non-hydrogen) atoms. The Morgan fingerprint density at radius 3 is 2.67 bits per heavy atom. The first kappa shape index (κ1) is 12.1. The standard InChI is InChI=1S/C8H19NO2S/c1-4-8(7-11-2)9-5-6-12(3)10/h8-9H,4-7H2,1-3H3. The van der Waals surface area contributed by atoms with E-state index in [0.717, 1.165) is 25.3 Å². The minimum atomic E-state index is -0.691. The summed E-state index contributed by atoms with van der Waals surface area (Å²) in [7, 11) is 1.01. The summed E-state index contributed by atoms with van der Waals surface area (Å²) in [6.07, 6.45) is 2.77. The molecule has 0 rings (SSSR count). The Morgan fingerprint density at radius 2 is 2.25 bits per heavy atom. The molecule has 0 saturated heterocycles. The molecular weight excluding hydrogens is 174 g/mol. The highest BCUT2D eigenvalue weighted by atomic mass is 32.2. The SMILES string of the molecule is CCC(COC)NCCS(C)=O. The smallest absolute Gasteiger partial charge is 0.0615 e. The van der Waals surface area contributed by atoms with Crippen LogP contribution in [0.2, 0.25) is 0 Å². The molecule has 0 heterocycles. The Bertz CT molecular complexity index is 130. The molecule has 0 aliphatic heterocycles. The average Bonchev–Trinajstić information content (AvgIpc) is 2.02. The van der Waals surface area contributed by atoms with E-state index in [4.69, 9.17) is 4.74 Å². The van der Waals surface area contributed by atoms with Crippen molar-refractivity contribution < 1.29 is 8.95 Å². The molecule has 0 saturated carbocycles. The first-order chi connectivity index (χ1) is 5.70. The lowest BCUT2D eigenvalue weighted by molar-refractivity contribution is 0.165. The van der Waals surface area contributed by atoms with Crippen molar-refractivity contribution in [1.29, 1.82) is 0 Å². The summed E-state index contributed by atoms with van der Waals surface area (Å²) >= 11 is 0. The molecule has 74 valence electrons. The Labute approximate surface area is 77.3 Å². The summed E-state index contributed by atoms with van der Waals surface area (Å²) in [5, 5.41) is 3.28. The maximum atomic E-state index is 10.7. The summed E-state index contributed by atoms with van der Waals surface area (Å²) in [5.41, 5.74) is 0. The molecule has 2 atom stereocenters. The van der Waals surface area contributed by atoms with Crippen LogP contribution in [0.1, 0.15) is 13.3 Å². The molecule has 0 aliphatic rings. The van der Waals surface area contributed by atoms with Crippen molar-refractivity contribution in [3.8, 4) is 0 Å². The van der Waals surface area contributed by atoms with Crippen molar-refractivity contribution in [2.45, 2.75) is 19.4 Å². The van der Waals surface area contributed by atoms with E-state index < -0.39 is 10.8 Å². The van der Waals surface area contributed by atoms with Gasteiger partial charge in [0.25, 0.3) is 0 Å². The quantitative estimate of drug-likeness (QED) is 0.635. The van der Waals surface area contributed by atoms with E-state index in [1.807, 2.05) is 0 Å². The van der Waals surface area contributed by atoms with Gasteiger partial charge in [-0.05, 0) is 6.42 Å². The maximum Gasteiger partial charge on any atom is 0.0615 e. The molecule has 0 bridgehead atoms. The van der Waals surface area contributed by atoms with Crippen LogP contribution in [-0.4, -0.2) is 42.5 Å². The lowest BCUT2D eigenvalue weighted by atomic mass is 10.2. The molecule has 0 aliphatic carbocycles. The van der Waals surface area contributed by atoms with Gasteiger partial charge in [0.1, 0.15) is 0 Å². The predicted molar refractivity (Wildman–Crippen MR) is 52.9 cm³/mol. The van der Waals surface area contributed by atoms with Crippen LogP contribution in [0, 0.1) is 0 Å². The molecule has 0 aromatic carbocycles. The highest BCUT2D eigenvalue weighted by Crippen LogP contribution is 1.90. The van der Waals surface area contributed by atoms with E-state index in [0.29, 0.717) is 6.04 Å². The molecule has 0 amide bonds. The minimum absolute atomic E-state index is 0.401. The van der Waals surface area contributed by atoms with Gasteiger partial charge in [0.2, 0.25) is 0 Å². The van der Waals surface area contributed by atoms with E-state index in [1.54, 1.807) is 13.4 Å².